The molecule has 1 amide bonds. The van der Waals surface area contributed by atoms with E-state index in [4.69, 9.17) is 0 Å². The summed E-state index contributed by atoms with van der Waals surface area (Å²) in [4.78, 5) is 16.4. The number of rotatable bonds is 6. The highest BCUT2D eigenvalue weighted by atomic mass is 32.2. The van der Waals surface area contributed by atoms with Crippen LogP contribution in [0.5, 0.6) is 0 Å². The fourth-order valence-electron chi connectivity index (χ4n) is 2.72. The van der Waals surface area contributed by atoms with Crippen molar-refractivity contribution in [3.8, 4) is 0 Å². The van der Waals surface area contributed by atoms with Gasteiger partial charge >= 0.3 is 0 Å². The molecule has 7 heteroatoms. The summed E-state index contributed by atoms with van der Waals surface area (Å²) >= 11 is 0. The smallest absolute Gasteiger partial charge is 0.251 e. The molecular weight excluding hydrogens is 350 g/mol. The Morgan fingerprint density at radius 1 is 1.04 bits per heavy atom. The third-order valence-electron chi connectivity index (χ3n) is 3.92. The van der Waals surface area contributed by atoms with Crippen molar-refractivity contribution in [2.24, 2.45) is 0 Å². The van der Waals surface area contributed by atoms with Crippen LogP contribution in [0.2, 0.25) is 0 Å². The van der Waals surface area contributed by atoms with Crippen molar-refractivity contribution in [3.05, 3.63) is 72.4 Å². The quantitative estimate of drug-likeness (QED) is 0.724. The average Bonchev–Trinajstić information content (AvgIpc) is 2.64. The first-order valence-electron chi connectivity index (χ1n) is 8.11. The van der Waals surface area contributed by atoms with Crippen LogP contribution in [-0.2, 0) is 10.0 Å². The number of pyridine rings is 1. The van der Waals surface area contributed by atoms with E-state index < -0.39 is 10.0 Å². The molecule has 0 aliphatic rings. The molecule has 134 valence electrons. The summed E-state index contributed by atoms with van der Waals surface area (Å²) in [5.74, 6) is -0.241. The molecule has 0 bridgehead atoms. The molecule has 0 radical (unpaired) electrons. The number of anilines is 1. The zero-order chi connectivity index (χ0) is 18.6. The number of para-hydroxylation sites is 1. The van der Waals surface area contributed by atoms with E-state index >= 15 is 0 Å². The molecule has 1 aromatic heterocycles. The third-order valence-corrected chi connectivity index (χ3v) is 5.10. The van der Waals surface area contributed by atoms with Crippen LogP contribution in [0.15, 0.2) is 66.9 Å². The number of carbonyl (C=O) groups is 1. The van der Waals surface area contributed by atoms with Gasteiger partial charge in [0.15, 0.2) is 0 Å². The topological polar surface area (TPSA) is 79.4 Å². The molecule has 3 aromatic rings. The van der Waals surface area contributed by atoms with Crippen LogP contribution in [0.3, 0.4) is 0 Å². The van der Waals surface area contributed by atoms with Crippen LogP contribution in [-0.4, -0.2) is 38.7 Å². The Labute approximate surface area is 152 Å². The number of sulfonamides is 1. The minimum atomic E-state index is -3.53. The van der Waals surface area contributed by atoms with E-state index in [0.29, 0.717) is 16.8 Å². The van der Waals surface area contributed by atoms with Gasteiger partial charge in [-0.3, -0.25) is 14.1 Å². The highest BCUT2D eigenvalue weighted by Crippen LogP contribution is 2.26. The van der Waals surface area contributed by atoms with E-state index in [1.807, 2.05) is 18.2 Å². The van der Waals surface area contributed by atoms with Crippen molar-refractivity contribution >= 4 is 32.5 Å². The standard InChI is InChI=1S/C19H19N3O3S/c1-26(24,25)22(14-13-21-19(23)16-7-3-2-4-8-16)17-11-5-9-15-10-6-12-20-18(15)17/h2-12H,13-14H2,1H3,(H,21,23). The molecule has 26 heavy (non-hydrogen) atoms. The van der Waals surface area contributed by atoms with Crippen molar-refractivity contribution in [1.29, 1.82) is 0 Å². The molecule has 0 aliphatic heterocycles. The molecule has 0 saturated heterocycles. The summed E-state index contributed by atoms with van der Waals surface area (Å²) < 4.78 is 25.9. The van der Waals surface area contributed by atoms with E-state index in [1.165, 1.54) is 4.31 Å². The van der Waals surface area contributed by atoms with Gasteiger partial charge in [-0.1, -0.05) is 36.4 Å². The number of nitrogens with one attached hydrogen (secondary N) is 1. The van der Waals surface area contributed by atoms with E-state index in [1.54, 1.807) is 48.7 Å². The molecule has 0 aliphatic carbocycles. The van der Waals surface area contributed by atoms with Gasteiger partial charge in [0.1, 0.15) is 0 Å². The summed E-state index contributed by atoms with van der Waals surface area (Å²) in [6, 6.07) is 17.9. The summed E-state index contributed by atoms with van der Waals surface area (Å²) in [6.07, 6.45) is 2.78. The SMILES string of the molecule is CS(=O)(=O)N(CCNC(=O)c1ccccc1)c1cccc2cccnc12. The van der Waals surface area contributed by atoms with Gasteiger partial charge in [0.05, 0.1) is 24.0 Å². The minimum absolute atomic E-state index is 0.118. The third kappa shape index (κ3) is 4.00. The number of amides is 1. The lowest BCUT2D eigenvalue weighted by molar-refractivity contribution is 0.0955. The summed E-state index contributed by atoms with van der Waals surface area (Å²) in [6.45, 7) is 0.303. The van der Waals surface area contributed by atoms with Crippen LogP contribution in [0.4, 0.5) is 5.69 Å². The highest BCUT2D eigenvalue weighted by molar-refractivity contribution is 7.92. The lowest BCUT2D eigenvalue weighted by Crippen LogP contribution is -2.38. The Balaban J connectivity index is 1.80. The van der Waals surface area contributed by atoms with Gasteiger partial charge in [-0.05, 0) is 24.3 Å². The molecule has 0 spiro atoms. The fraction of sp³-hybridized carbons (Fsp3) is 0.158. The number of hydrogen-bond donors (Lipinski definition) is 1. The Kier molecular flexibility index (Phi) is 5.18. The average molecular weight is 369 g/mol. The lowest BCUT2D eigenvalue weighted by Gasteiger charge is -2.23. The molecule has 2 aromatic carbocycles. The summed E-state index contributed by atoms with van der Waals surface area (Å²) in [7, 11) is -3.53. The maximum Gasteiger partial charge on any atom is 0.251 e. The van der Waals surface area contributed by atoms with E-state index in [0.717, 1.165) is 11.6 Å². The van der Waals surface area contributed by atoms with Gasteiger partial charge in [-0.15, -0.1) is 0 Å². The molecule has 0 saturated carbocycles. The number of aromatic nitrogens is 1. The first-order chi connectivity index (χ1) is 12.5. The molecular formula is C19H19N3O3S. The minimum Gasteiger partial charge on any atom is -0.350 e. The second-order valence-corrected chi connectivity index (χ2v) is 7.72. The van der Waals surface area contributed by atoms with Crippen molar-refractivity contribution in [1.82, 2.24) is 10.3 Å². The predicted octanol–water partition coefficient (Wildman–Crippen LogP) is 2.43. The Morgan fingerprint density at radius 2 is 1.77 bits per heavy atom. The Morgan fingerprint density at radius 3 is 2.50 bits per heavy atom. The molecule has 0 atom stereocenters. The second kappa shape index (κ2) is 7.53. The van der Waals surface area contributed by atoms with Gasteiger partial charge in [0, 0.05) is 23.7 Å². The van der Waals surface area contributed by atoms with Gasteiger partial charge < -0.3 is 5.32 Å². The van der Waals surface area contributed by atoms with Crippen LogP contribution < -0.4 is 9.62 Å². The van der Waals surface area contributed by atoms with Crippen molar-refractivity contribution in [3.63, 3.8) is 0 Å². The number of hydrogen-bond acceptors (Lipinski definition) is 4. The maximum atomic E-state index is 12.3. The normalized spacial score (nSPS) is 11.3. The van der Waals surface area contributed by atoms with Gasteiger partial charge in [-0.2, -0.15) is 0 Å². The first-order valence-corrected chi connectivity index (χ1v) is 9.96. The van der Waals surface area contributed by atoms with Gasteiger partial charge in [0.2, 0.25) is 10.0 Å². The van der Waals surface area contributed by atoms with Crippen molar-refractivity contribution in [2.75, 3.05) is 23.7 Å². The molecule has 1 N–H and O–H groups in total. The lowest BCUT2D eigenvalue weighted by atomic mass is 10.2. The van der Waals surface area contributed by atoms with E-state index in [2.05, 4.69) is 10.3 Å². The van der Waals surface area contributed by atoms with Crippen LogP contribution in [0.1, 0.15) is 10.4 Å². The van der Waals surface area contributed by atoms with E-state index in [9.17, 15) is 13.2 Å². The number of carbonyl (C=O) groups excluding carboxylic acids is 1. The zero-order valence-electron chi connectivity index (χ0n) is 14.3. The van der Waals surface area contributed by atoms with E-state index in [-0.39, 0.29) is 19.0 Å². The van der Waals surface area contributed by atoms with Crippen LogP contribution in [0, 0.1) is 0 Å². The Bertz CT molecular complexity index is 1020. The monoisotopic (exact) mass is 369 g/mol. The van der Waals surface area contributed by atoms with Gasteiger partial charge in [0.25, 0.3) is 5.91 Å². The largest absolute Gasteiger partial charge is 0.350 e. The van der Waals surface area contributed by atoms with Crippen LogP contribution in [0.25, 0.3) is 10.9 Å². The fourth-order valence-corrected chi connectivity index (χ4v) is 3.64. The summed E-state index contributed by atoms with van der Waals surface area (Å²) in [5.41, 5.74) is 1.64. The molecule has 1 heterocycles. The summed E-state index contributed by atoms with van der Waals surface area (Å²) in [5, 5.41) is 3.61. The zero-order valence-corrected chi connectivity index (χ0v) is 15.1. The van der Waals surface area contributed by atoms with Crippen molar-refractivity contribution in [2.45, 2.75) is 0 Å². The molecule has 3 rings (SSSR count). The Hall–Kier alpha value is -2.93. The second-order valence-electron chi connectivity index (χ2n) is 5.81. The number of nitrogens with zero attached hydrogens (tertiary/aromatic N) is 2. The molecule has 0 unspecified atom stereocenters. The van der Waals surface area contributed by atoms with Gasteiger partial charge in [-0.25, -0.2) is 8.42 Å². The molecule has 6 nitrogen and oxygen atoms in total. The van der Waals surface area contributed by atoms with Crippen LogP contribution >= 0.6 is 0 Å². The first kappa shape index (κ1) is 17.9. The highest BCUT2D eigenvalue weighted by Gasteiger charge is 2.20. The maximum absolute atomic E-state index is 12.3. The number of fused-ring (bicyclic) bond motifs is 1. The predicted molar refractivity (Wildman–Crippen MR) is 103 cm³/mol. The molecule has 0 fully saturated rings. The number of benzene rings is 2. The van der Waals surface area contributed by atoms with Crippen molar-refractivity contribution < 1.29 is 13.2 Å².